The molecule has 0 aliphatic rings. The summed E-state index contributed by atoms with van der Waals surface area (Å²) in [6.07, 6.45) is 31.3. The highest BCUT2D eigenvalue weighted by Crippen LogP contribution is 2.02. The number of hydrogen-bond donors (Lipinski definition) is 0. The number of ketones is 1. The second kappa shape index (κ2) is 18.4. The van der Waals surface area contributed by atoms with Crippen molar-refractivity contribution >= 4 is 5.78 Å². The molecule has 0 bridgehead atoms. The molecule has 0 rings (SSSR count). The Balaban J connectivity index is 3.44. The van der Waals surface area contributed by atoms with E-state index in [2.05, 4.69) is 67.7 Å². The number of hydrogen-bond acceptors (Lipinski definition) is 1. The van der Waals surface area contributed by atoms with E-state index in [0.29, 0.717) is 5.78 Å². The van der Waals surface area contributed by atoms with Gasteiger partial charge in [0, 0.05) is 6.42 Å². The summed E-state index contributed by atoms with van der Waals surface area (Å²) in [7, 11) is 0. The molecule has 0 unspecified atom stereocenters. The number of rotatable bonds is 14. The molecule has 0 spiro atoms. The largest absolute Gasteiger partial charge is 0.300 e. The third kappa shape index (κ3) is 20.4. The van der Waals surface area contributed by atoms with Gasteiger partial charge in [-0.1, -0.05) is 67.7 Å². The standard InChI is InChI=1S/C22H34O/c1-3-4-5-6-7-8-9-10-11-12-13-14-15-16-17-18-19-20-21-22(2)23/h4-5,7-8,10-11,13-14,16-17H,3,6,9,12,15,18-21H2,1-2H3/b5-4-,8-7-,11-10-,14-13-,17-16-. The quantitative estimate of drug-likeness (QED) is 0.252. The Morgan fingerprint density at radius 1 is 0.652 bits per heavy atom. The van der Waals surface area contributed by atoms with E-state index in [9.17, 15) is 4.79 Å². The minimum absolute atomic E-state index is 0.300. The van der Waals surface area contributed by atoms with Crippen LogP contribution in [0.5, 0.6) is 0 Å². The molecule has 0 saturated heterocycles. The molecule has 0 aliphatic heterocycles. The van der Waals surface area contributed by atoms with Gasteiger partial charge in [0.2, 0.25) is 0 Å². The van der Waals surface area contributed by atoms with E-state index in [1.54, 1.807) is 6.92 Å². The molecule has 0 fully saturated rings. The number of unbranched alkanes of at least 4 members (excludes halogenated alkanes) is 2. The van der Waals surface area contributed by atoms with Crippen LogP contribution in [0.1, 0.15) is 71.6 Å². The van der Waals surface area contributed by atoms with Crippen molar-refractivity contribution in [2.75, 3.05) is 0 Å². The first-order chi connectivity index (χ1) is 11.3. The van der Waals surface area contributed by atoms with Crippen molar-refractivity contribution < 1.29 is 4.79 Å². The molecular weight excluding hydrogens is 280 g/mol. The van der Waals surface area contributed by atoms with Gasteiger partial charge in [-0.3, -0.25) is 0 Å². The van der Waals surface area contributed by atoms with Crippen LogP contribution < -0.4 is 0 Å². The minimum atomic E-state index is 0.300. The first-order valence-electron chi connectivity index (χ1n) is 9.01. The molecule has 0 saturated carbocycles. The highest BCUT2D eigenvalue weighted by molar-refractivity contribution is 5.75. The molecule has 0 atom stereocenters. The lowest BCUT2D eigenvalue weighted by Gasteiger charge is -1.93. The summed E-state index contributed by atoms with van der Waals surface area (Å²) in [5.74, 6) is 0.300. The molecule has 0 aromatic heterocycles. The number of carbonyl (C=O) groups excluding carboxylic acids is 1. The molecule has 0 amide bonds. The Labute approximate surface area is 143 Å². The van der Waals surface area contributed by atoms with E-state index in [1.807, 2.05) is 0 Å². The van der Waals surface area contributed by atoms with Gasteiger partial charge in [0.25, 0.3) is 0 Å². The van der Waals surface area contributed by atoms with Crippen molar-refractivity contribution in [1.29, 1.82) is 0 Å². The van der Waals surface area contributed by atoms with Crippen LogP contribution in [-0.4, -0.2) is 5.78 Å². The Morgan fingerprint density at radius 3 is 1.52 bits per heavy atom. The van der Waals surface area contributed by atoms with Crippen molar-refractivity contribution in [2.45, 2.75) is 71.6 Å². The minimum Gasteiger partial charge on any atom is -0.300 e. The summed E-state index contributed by atoms with van der Waals surface area (Å²) in [6.45, 7) is 3.82. The van der Waals surface area contributed by atoms with Crippen LogP contribution in [-0.2, 0) is 4.79 Å². The molecule has 0 aliphatic carbocycles. The Bertz CT molecular complexity index is 408. The van der Waals surface area contributed by atoms with Gasteiger partial charge in [0.1, 0.15) is 5.78 Å². The highest BCUT2D eigenvalue weighted by Gasteiger charge is 1.91. The van der Waals surface area contributed by atoms with Gasteiger partial charge in [-0.05, 0) is 58.3 Å². The molecule has 0 aromatic carbocycles. The molecule has 128 valence electrons. The third-order valence-corrected chi connectivity index (χ3v) is 3.31. The van der Waals surface area contributed by atoms with Crippen LogP contribution >= 0.6 is 0 Å². The van der Waals surface area contributed by atoms with E-state index in [4.69, 9.17) is 0 Å². The summed E-state index contributed by atoms with van der Waals surface area (Å²) in [5.41, 5.74) is 0. The van der Waals surface area contributed by atoms with Crippen molar-refractivity contribution in [2.24, 2.45) is 0 Å². The maximum absolute atomic E-state index is 10.8. The van der Waals surface area contributed by atoms with Crippen LogP contribution in [0.25, 0.3) is 0 Å². The van der Waals surface area contributed by atoms with Crippen molar-refractivity contribution in [3.05, 3.63) is 60.8 Å². The summed E-state index contributed by atoms with van der Waals surface area (Å²) in [4.78, 5) is 10.8. The van der Waals surface area contributed by atoms with E-state index in [0.717, 1.165) is 57.8 Å². The zero-order chi connectivity index (χ0) is 17.0. The predicted molar refractivity (Wildman–Crippen MR) is 104 cm³/mol. The number of allylic oxidation sites excluding steroid dienone is 10. The Kier molecular flexibility index (Phi) is 17.1. The maximum atomic E-state index is 10.8. The first-order valence-corrected chi connectivity index (χ1v) is 9.01. The summed E-state index contributed by atoms with van der Waals surface area (Å²) < 4.78 is 0. The van der Waals surface area contributed by atoms with Gasteiger partial charge < -0.3 is 4.79 Å². The van der Waals surface area contributed by atoms with Crippen molar-refractivity contribution in [3.63, 3.8) is 0 Å². The van der Waals surface area contributed by atoms with Gasteiger partial charge in [-0.2, -0.15) is 0 Å². The third-order valence-electron chi connectivity index (χ3n) is 3.31. The molecule has 0 radical (unpaired) electrons. The monoisotopic (exact) mass is 314 g/mol. The van der Waals surface area contributed by atoms with Gasteiger partial charge >= 0.3 is 0 Å². The lowest BCUT2D eigenvalue weighted by atomic mass is 10.1. The summed E-state index contributed by atoms with van der Waals surface area (Å²) in [5, 5.41) is 0. The van der Waals surface area contributed by atoms with Gasteiger partial charge in [-0.15, -0.1) is 0 Å². The highest BCUT2D eigenvalue weighted by atomic mass is 16.1. The van der Waals surface area contributed by atoms with Crippen molar-refractivity contribution in [3.8, 4) is 0 Å². The molecule has 0 heterocycles. The Morgan fingerprint density at radius 2 is 1.09 bits per heavy atom. The van der Waals surface area contributed by atoms with Crippen LogP contribution in [0.3, 0.4) is 0 Å². The van der Waals surface area contributed by atoms with E-state index >= 15 is 0 Å². The van der Waals surface area contributed by atoms with E-state index in [-0.39, 0.29) is 0 Å². The normalized spacial score (nSPS) is 12.8. The fraction of sp³-hybridized carbons (Fsp3) is 0.500. The summed E-state index contributed by atoms with van der Waals surface area (Å²) >= 11 is 0. The number of carbonyl (C=O) groups is 1. The molecule has 1 heteroatoms. The fourth-order valence-electron chi connectivity index (χ4n) is 2.00. The van der Waals surface area contributed by atoms with Gasteiger partial charge in [0.05, 0.1) is 0 Å². The van der Waals surface area contributed by atoms with Crippen LogP contribution in [0.2, 0.25) is 0 Å². The SMILES string of the molecule is CC/C=C\C/C=C\C/C=C\C/C=C\C/C=C\CCCCC(C)=O. The molecule has 0 N–H and O–H groups in total. The molecule has 0 aromatic rings. The second-order valence-corrected chi connectivity index (χ2v) is 5.66. The maximum Gasteiger partial charge on any atom is 0.129 e. The Hall–Kier alpha value is -1.63. The second-order valence-electron chi connectivity index (χ2n) is 5.66. The average molecular weight is 315 g/mol. The van der Waals surface area contributed by atoms with Crippen LogP contribution in [0.4, 0.5) is 0 Å². The van der Waals surface area contributed by atoms with Gasteiger partial charge in [-0.25, -0.2) is 0 Å². The lowest BCUT2D eigenvalue weighted by Crippen LogP contribution is -1.88. The van der Waals surface area contributed by atoms with Gasteiger partial charge in [0.15, 0.2) is 0 Å². The fourth-order valence-corrected chi connectivity index (χ4v) is 2.00. The van der Waals surface area contributed by atoms with E-state index < -0.39 is 0 Å². The summed E-state index contributed by atoms with van der Waals surface area (Å²) in [6, 6.07) is 0. The topological polar surface area (TPSA) is 17.1 Å². The van der Waals surface area contributed by atoms with Crippen molar-refractivity contribution in [1.82, 2.24) is 0 Å². The van der Waals surface area contributed by atoms with Crippen LogP contribution in [0, 0.1) is 0 Å². The van der Waals surface area contributed by atoms with E-state index in [1.165, 1.54) is 0 Å². The van der Waals surface area contributed by atoms with Crippen LogP contribution in [0.15, 0.2) is 60.8 Å². The smallest absolute Gasteiger partial charge is 0.129 e. The molecular formula is C22H34O. The molecule has 1 nitrogen and oxygen atoms in total. The average Bonchev–Trinajstić information content (AvgIpc) is 2.53. The zero-order valence-electron chi connectivity index (χ0n) is 15.0. The lowest BCUT2D eigenvalue weighted by molar-refractivity contribution is -0.117. The number of Topliss-reactive ketones (excluding diaryl/α,β-unsaturated/α-hetero) is 1. The molecule has 23 heavy (non-hydrogen) atoms. The predicted octanol–water partition coefficient (Wildman–Crippen LogP) is 6.89. The first kappa shape index (κ1) is 21.4. The zero-order valence-corrected chi connectivity index (χ0v) is 15.0.